The van der Waals surface area contributed by atoms with Gasteiger partial charge in [-0.2, -0.15) is 9.37 Å². The summed E-state index contributed by atoms with van der Waals surface area (Å²) in [7, 11) is 0. The zero-order valence-electron chi connectivity index (χ0n) is 8.04. The summed E-state index contributed by atoms with van der Waals surface area (Å²) in [5.41, 5.74) is 0. The normalized spacial score (nSPS) is 25.9. The lowest BCUT2D eigenvalue weighted by molar-refractivity contribution is 0.184. The minimum atomic E-state index is -0.662. The van der Waals surface area contributed by atoms with E-state index in [1.54, 1.807) is 4.90 Å². The van der Waals surface area contributed by atoms with E-state index < -0.39 is 12.1 Å². The van der Waals surface area contributed by atoms with Crippen LogP contribution in [0.15, 0.2) is 12.4 Å². The number of β-amino-alcohol motifs (C(OH)–C–C–N with tert-alkyl or cyclic N) is 1. The van der Waals surface area contributed by atoms with Crippen LogP contribution in [0, 0.1) is 5.95 Å². The van der Waals surface area contributed by atoms with E-state index in [0.29, 0.717) is 18.8 Å². The first-order valence-electron chi connectivity index (χ1n) is 4.74. The van der Waals surface area contributed by atoms with Crippen LogP contribution in [0.5, 0.6) is 0 Å². The molecule has 0 aliphatic carbocycles. The second-order valence-corrected chi connectivity index (χ2v) is 3.58. The zero-order valence-corrected chi connectivity index (χ0v) is 8.04. The van der Waals surface area contributed by atoms with Gasteiger partial charge in [-0.05, 0) is 6.42 Å². The summed E-state index contributed by atoms with van der Waals surface area (Å²) in [6.07, 6.45) is 2.40. The van der Waals surface area contributed by atoms with Gasteiger partial charge in [-0.3, -0.25) is 4.98 Å². The summed E-state index contributed by atoms with van der Waals surface area (Å²) in [5.74, 6) is -0.309. The fourth-order valence-corrected chi connectivity index (χ4v) is 1.82. The predicted molar refractivity (Wildman–Crippen MR) is 50.8 cm³/mol. The van der Waals surface area contributed by atoms with Crippen molar-refractivity contribution in [2.45, 2.75) is 18.6 Å². The lowest BCUT2D eigenvalue weighted by atomic mass is 10.2. The number of anilines is 1. The molecule has 1 aliphatic heterocycles. The highest BCUT2D eigenvalue weighted by molar-refractivity contribution is 5.39. The molecule has 0 saturated carbocycles. The van der Waals surface area contributed by atoms with Crippen LogP contribution >= 0.6 is 0 Å². The Morgan fingerprint density at radius 1 is 1.53 bits per heavy atom. The van der Waals surface area contributed by atoms with Crippen molar-refractivity contribution in [3.8, 4) is 0 Å². The first-order valence-corrected chi connectivity index (χ1v) is 4.74. The average molecular weight is 213 g/mol. The zero-order chi connectivity index (χ0) is 10.8. The van der Waals surface area contributed by atoms with Gasteiger partial charge >= 0.3 is 0 Å². The van der Waals surface area contributed by atoms with E-state index in [2.05, 4.69) is 9.97 Å². The number of aliphatic hydroxyl groups excluding tert-OH is 2. The molecule has 2 rings (SSSR count). The van der Waals surface area contributed by atoms with Gasteiger partial charge in [0, 0.05) is 6.54 Å². The molecule has 0 spiro atoms. The SMILES string of the molecule is OCC1CC(O)CN1c1cncc(F)n1. The highest BCUT2D eigenvalue weighted by atomic mass is 19.1. The minimum Gasteiger partial charge on any atom is -0.394 e. The third kappa shape index (κ3) is 2.05. The molecule has 6 heteroatoms. The number of nitrogens with zero attached hydrogens (tertiary/aromatic N) is 3. The third-order valence-electron chi connectivity index (χ3n) is 2.49. The van der Waals surface area contributed by atoms with Gasteiger partial charge in [-0.25, -0.2) is 0 Å². The van der Waals surface area contributed by atoms with Crippen LogP contribution in [0.2, 0.25) is 0 Å². The number of aliphatic hydroxyl groups is 2. The second-order valence-electron chi connectivity index (χ2n) is 3.58. The Morgan fingerprint density at radius 3 is 3.00 bits per heavy atom. The summed E-state index contributed by atoms with van der Waals surface area (Å²) >= 11 is 0. The molecule has 1 aliphatic rings. The fraction of sp³-hybridized carbons (Fsp3) is 0.556. The van der Waals surface area contributed by atoms with Crippen molar-refractivity contribution in [2.24, 2.45) is 0 Å². The monoisotopic (exact) mass is 213 g/mol. The second kappa shape index (κ2) is 4.08. The van der Waals surface area contributed by atoms with Crippen LogP contribution in [-0.4, -0.2) is 45.5 Å². The lowest BCUT2D eigenvalue weighted by Gasteiger charge is -2.22. The Balaban J connectivity index is 2.22. The number of aromatic nitrogens is 2. The maximum atomic E-state index is 12.8. The Morgan fingerprint density at radius 2 is 2.33 bits per heavy atom. The van der Waals surface area contributed by atoms with Crippen LogP contribution in [0.1, 0.15) is 6.42 Å². The number of hydrogen-bond donors (Lipinski definition) is 2. The summed E-state index contributed by atoms with van der Waals surface area (Å²) in [6.45, 7) is 0.263. The molecule has 15 heavy (non-hydrogen) atoms. The van der Waals surface area contributed by atoms with E-state index in [0.717, 1.165) is 6.20 Å². The van der Waals surface area contributed by atoms with Crippen molar-refractivity contribution < 1.29 is 14.6 Å². The Bertz CT molecular complexity index is 350. The van der Waals surface area contributed by atoms with Crippen LogP contribution in [-0.2, 0) is 0 Å². The Hall–Kier alpha value is -1.27. The van der Waals surface area contributed by atoms with E-state index in [9.17, 15) is 9.50 Å². The Kier molecular flexibility index (Phi) is 2.79. The molecular formula is C9H12FN3O2. The third-order valence-corrected chi connectivity index (χ3v) is 2.49. The van der Waals surface area contributed by atoms with Gasteiger partial charge in [0.15, 0.2) is 5.82 Å². The van der Waals surface area contributed by atoms with E-state index >= 15 is 0 Å². The van der Waals surface area contributed by atoms with Gasteiger partial charge in [-0.1, -0.05) is 0 Å². The molecule has 0 radical (unpaired) electrons. The standard InChI is InChI=1S/C9H12FN3O2/c10-8-2-11-3-9(12-8)13-4-7(15)1-6(13)5-14/h2-3,6-7,14-15H,1,4-5H2. The van der Waals surface area contributed by atoms with Crippen LogP contribution in [0.25, 0.3) is 0 Å². The van der Waals surface area contributed by atoms with Crippen LogP contribution in [0.3, 0.4) is 0 Å². The van der Waals surface area contributed by atoms with Gasteiger partial charge in [0.25, 0.3) is 0 Å². The highest BCUT2D eigenvalue weighted by Gasteiger charge is 2.31. The van der Waals surface area contributed by atoms with E-state index in [1.807, 2.05) is 0 Å². The highest BCUT2D eigenvalue weighted by Crippen LogP contribution is 2.23. The fourth-order valence-electron chi connectivity index (χ4n) is 1.82. The molecule has 0 bridgehead atoms. The summed E-state index contributed by atoms with van der Waals surface area (Å²) in [5, 5.41) is 18.5. The van der Waals surface area contributed by atoms with Gasteiger partial charge in [0.2, 0.25) is 5.95 Å². The first kappa shape index (κ1) is 10.3. The van der Waals surface area contributed by atoms with Crippen molar-refractivity contribution >= 4 is 5.82 Å². The van der Waals surface area contributed by atoms with Gasteiger partial charge in [0.05, 0.1) is 31.1 Å². The van der Waals surface area contributed by atoms with Gasteiger partial charge in [0.1, 0.15) is 0 Å². The lowest BCUT2D eigenvalue weighted by Crippen LogP contribution is -2.33. The molecule has 1 aromatic heterocycles. The maximum absolute atomic E-state index is 12.8. The minimum absolute atomic E-state index is 0.0880. The Labute approximate surface area is 86.2 Å². The maximum Gasteiger partial charge on any atom is 0.233 e. The van der Waals surface area contributed by atoms with Crippen molar-refractivity contribution in [1.82, 2.24) is 9.97 Å². The van der Waals surface area contributed by atoms with Crippen molar-refractivity contribution in [1.29, 1.82) is 0 Å². The van der Waals surface area contributed by atoms with Crippen LogP contribution < -0.4 is 4.90 Å². The van der Waals surface area contributed by atoms with E-state index in [-0.39, 0.29) is 12.6 Å². The van der Waals surface area contributed by atoms with Gasteiger partial charge < -0.3 is 15.1 Å². The topological polar surface area (TPSA) is 69.5 Å². The molecule has 2 unspecified atom stereocenters. The largest absolute Gasteiger partial charge is 0.394 e. The average Bonchev–Trinajstić information content (AvgIpc) is 2.59. The molecule has 0 amide bonds. The number of rotatable bonds is 2. The van der Waals surface area contributed by atoms with E-state index in [1.165, 1.54) is 6.20 Å². The molecule has 1 saturated heterocycles. The van der Waals surface area contributed by atoms with Crippen molar-refractivity contribution in [3.63, 3.8) is 0 Å². The quantitative estimate of drug-likeness (QED) is 0.696. The summed E-state index contributed by atoms with van der Waals surface area (Å²) in [4.78, 5) is 9.01. The molecule has 1 fully saturated rings. The molecule has 82 valence electrons. The summed E-state index contributed by atoms with van der Waals surface area (Å²) in [6, 6.07) is -0.212. The molecule has 5 nitrogen and oxygen atoms in total. The number of halogens is 1. The molecule has 1 aromatic rings. The number of hydrogen-bond acceptors (Lipinski definition) is 5. The van der Waals surface area contributed by atoms with Crippen molar-refractivity contribution in [2.75, 3.05) is 18.1 Å². The molecule has 0 aromatic carbocycles. The first-order chi connectivity index (χ1) is 7.20. The van der Waals surface area contributed by atoms with Crippen molar-refractivity contribution in [3.05, 3.63) is 18.3 Å². The van der Waals surface area contributed by atoms with E-state index in [4.69, 9.17) is 5.11 Å². The van der Waals surface area contributed by atoms with Gasteiger partial charge in [-0.15, -0.1) is 0 Å². The molecule has 2 N–H and O–H groups in total. The predicted octanol–water partition coefficient (Wildman–Crippen LogP) is -0.452. The smallest absolute Gasteiger partial charge is 0.233 e. The molecule has 2 heterocycles. The molecular weight excluding hydrogens is 201 g/mol. The molecule has 2 atom stereocenters. The summed E-state index contributed by atoms with van der Waals surface area (Å²) < 4.78 is 12.8. The van der Waals surface area contributed by atoms with Crippen LogP contribution in [0.4, 0.5) is 10.2 Å².